The maximum Gasteiger partial charge on any atom is 0.237 e. The Morgan fingerprint density at radius 3 is 2.81 bits per heavy atom. The number of H-pyrrole nitrogens is 1. The maximum absolute atomic E-state index is 12.6. The van der Waals surface area contributed by atoms with Crippen molar-refractivity contribution < 1.29 is 4.79 Å². The Labute approximate surface area is 160 Å². The van der Waals surface area contributed by atoms with Crippen LogP contribution in [0.15, 0.2) is 47.6 Å². The van der Waals surface area contributed by atoms with Crippen LogP contribution in [0, 0.1) is 13.8 Å². The van der Waals surface area contributed by atoms with Crippen LogP contribution in [0.4, 0.5) is 5.69 Å². The molecule has 6 nitrogen and oxygen atoms in total. The first-order chi connectivity index (χ1) is 13.0. The zero-order chi connectivity index (χ0) is 19.0. The minimum absolute atomic E-state index is 0.0888. The molecule has 1 amide bonds. The van der Waals surface area contributed by atoms with E-state index in [2.05, 4.69) is 25.5 Å². The van der Waals surface area contributed by atoms with Gasteiger partial charge in [0.1, 0.15) is 5.52 Å². The van der Waals surface area contributed by atoms with Gasteiger partial charge in [-0.3, -0.25) is 4.79 Å². The van der Waals surface area contributed by atoms with Crippen LogP contribution in [-0.4, -0.2) is 31.3 Å². The van der Waals surface area contributed by atoms with E-state index in [1.54, 1.807) is 0 Å². The molecule has 0 spiro atoms. The van der Waals surface area contributed by atoms with Crippen molar-refractivity contribution in [2.75, 3.05) is 5.32 Å². The van der Waals surface area contributed by atoms with E-state index in [0.717, 1.165) is 33.2 Å². The van der Waals surface area contributed by atoms with Crippen LogP contribution < -0.4 is 5.32 Å². The number of aryl methyl sites for hydroxylation is 2. The molecule has 136 valence electrons. The summed E-state index contributed by atoms with van der Waals surface area (Å²) in [6.45, 7) is 5.82. The van der Waals surface area contributed by atoms with Gasteiger partial charge in [0.2, 0.25) is 11.1 Å². The van der Waals surface area contributed by atoms with Gasteiger partial charge >= 0.3 is 0 Å². The number of amides is 1. The number of anilines is 1. The van der Waals surface area contributed by atoms with Crippen molar-refractivity contribution in [3.63, 3.8) is 0 Å². The molecule has 0 radical (unpaired) electrons. The highest BCUT2D eigenvalue weighted by molar-refractivity contribution is 8.00. The number of benzene rings is 2. The smallest absolute Gasteiger partial charge is 0.237 e. The second-order valence-corrected chi connectivity index (χ2v) is 7.84. The number of aromatic nitrogens is 4. The zero-order valence-corrected chi connectivity index (χ0v) is 16.1. The van der Waals surface area contributed by atoms with E-state index in [1.807, 2.05) is 63.2 Å². The number of fused-ring (bicyclic) bond motifs is 3. The first-order valence-corrected chi connectivity index (χ1v) is 9.55. The lowest BCUT2D eigenvalue weighted by Gasteiger charge is -2.13. The summed E-state index contributed by atoms with van der Waals surface area (Å²) in [6.07, 6.45) is 0. The third-order valence-electron chi connectivity index (χ3n) is 4.40. The van der Waals surface area contributed by atoms with Gasteiger partial charge < -0.3 is 10.3 Å². The molecule has 2 aromatic carbocycles. The molecule has 2 heterocycles. The summed E-state index contributed by atoms with van der Waals surface area (Å²) < 4.78 is 0. The topological polar surface area (TPSA) is 83.6 Å². The molecule has 0 aliphatic carbocycles. The van der Waals surface area contributed by atoms with Crippen LogP contribution >= 0.6 is 11.8 Å². The molecule has 0 bridgehead atoms. The van der Waals surface area contributed by atoms with Gasteiger partial charge in [-0.05, 0) is 44.0 Å². The number of nitrogens with one attached hydrogen (secondary N) is 2. The number of hydrogen-bond donors (Lipinski definition) is 2. The molecule has 4 rings (SSSR count). The Kier molecular flexibility index (Phi) is 4.53. The molecule has 4 aromatic rings. The van der Waals surface area contributed by atoms with Gasteiger partial charge in [0.25, 0.3) is 0 Å². The van der Waals surface area contributed by atoms with Gasteiger partial charge in [-0.2, -0.15) is 0 Å². The molecule has 0 aliphatic rings. The molecule has 0 saturated carbocycles. The molecular formula is C20H19N5OS. The summed E-state index contributed by atoms with van der Waals surface area (Å²) in [6, 6.07) is 13.9. The van der Waals surface area contributed by atoms with E-state index in [4.69, 9.17) is 0 Å². The Morgan fingerprint density at radius 2 is 1.96 bits per heavy atom. The minimum Gasteiger partial charge on any atom is -0.338 e. The number of nitrogens with zero attached hydrogens (tertiary/aromatic N) is 3. The second-order valence-electron chi connectivity index (χ2n) is 6.53. The average molecular weight is 377 g/mol. The molecule has 0 fully saturated rings. The summed E-state index contributed by atoms with van der Waals surface area (Å²) in [5.74, 6) is -0.0888. The fourth-order valence-electron chi connectivity index (χ4n) is 2.87. The third kappa shape index (κ3) is 3.50. The second kappa shape index (κ2) is 7.00. The number of thioether (sulfide) groups is 1. The van der Waals surface area contributed by atoms with Crippen molar-refractivity contribution in [1.29, 1.82) is 0 Å². The molecule has 1 unspecified atom stereocenters. The van der Waals surface area contributed by atoms with Gasteiger partial charge in [-0.15, -0.1) is 10.2 Å². The largest absolute Gasteiger partial charge is 0.338 e. The first kappa shape index (κ1) is 17.5. The van der Waals surface area contributed by atoms with E-state index in [1.165, 1.54) is 11.8 Å². The van der Waals surface area contributed by atoms with Crippen molar-refractivity contribution in [2.45, 2.75) is 31.2 Å². The Balaban J connectivity index is 1.53. The third-order valence-corrected chi connectivity index (χ3v) is 5.36. The highest BCUT2D eigenvalue weighted by atomic mass is 32.2. The molecular weight excluding hydrogens is 358 g/mol. The summed E-state index contributed by atoms with van der Waals surface area (Å²) >= 11 is 1.29. The Morgan fingerprint density at radius 1 is 1.15 bits per heavy atom. The number of aromatic amines is 1. The summed E-state index contributed by atoms with van der Waals surface area (Å²) in [7, 11) is 0. The van der Waals surface area contributed by atoms with Crippen molar-refractivity contribution in [3.8, 4) is 0 Å². The minimum atomic E-state index is -0.353. The molecule has 2 aromatic heterocycles. The van der Waals surface area contributed by atoms with Gasteiger partial charge in [0, 0.05) is 16.6 Å². The Bertz CT molecular complexity index is 1150. The quantitative estimate of drug-likeness (QED) is 0.520. The fourth-order valence-corrected chi connectivity index (χ4v) is 3.59. The highest BCUT2D eigenvalue weighted by Gasteiger charge is 2.18. The van der Waals surface area contributed by atoms with Gasteiger partial charge in [0.15, 0.2) is 5.65 Å². The molecule has 1 atom stereocenters. The predicted octanol–water partition coefficient (Wildman–Crippen LogP) is 4.24. The molecule has 2 N–H and O–H groups in total. The number of para-hydroxylation sites is 1. The average Bonchev–Trinajstić information content (AvgIpc) is 3.02. The molecule has 7 heteroatoms. The monoisotopic (exact) mass is 377 g/mol. The lowest BCUT2D eigenvalue weighted by Crippen LogP contribution is -2.23. The van der Waals surface area contributed by atoms with E-state index in [0.29, 0.717) is 10.8 Å². The number of hydrogen-bond acceptors (Lipinski definition) is 5. The van der Waals surface area contributed by atoms with Crippen LogP contribution in [0.5, 0.6) is 0 Å². The number of rotatable bonds is 4. The van der Waals surface area contributed by atoms with Gasteiger partial charge in [0.05, 0.1) is 5.25 Å². The molecule has 0 saturated heterocycles. The first-order valence-electron chi connectivity index (χ1n) is 8.67. The van der Waals surface area contributed by atoms with Crippen LogP contribution in [0.2, 0.25) is 0 Å². The van der Waals surface area contributed by atoms with Crippen LogP contribution in [0.3, 0.4) is 0 Å². The zero-order valence-electron chi connectivity index (χ0n) is 15.3. The highest BCUT2D eigenvalue weighted by Crippen LogP contribution is 2.26. The molecule has 27 heavy (non-hydrogen) atoms. The van der Waals surface area contributed by atoms with Crippen molar-refractivity contribution >= 4 is 45.4 Å². The molecule has 0 aliphatic heterocycles. The van der Waals surface area contributed by atoms with Gasteiger partial charge in [-0.25, -0.2) is 4.98 Å². The lowest BCUT2D eigenvalue weighted by molar-refractivity contribution is -0.115. The van der Waals surface area contributed by atoms with E-state index < -0.39 is 0 Å². The SMILES string of the molecule is Cc1ccc(C)c(NC(=O)C(C)Sc2nnc3c(n2)[nH]c2ccccc23)c1. The van der Waals surface area contributed by atoms with Crippen LogP contribution in [-0.2, 0) is 4.79 Å². The summed E-state index contributed by atoms with van der Waals surface area (Å²) in [4.78, 5) is 20.3. The van der Waals surface area contributed by atoms with Crippen molar-refractivity contribution in [1.82, 2.24) is 20.2 Å². The number of carbonyl (C=O) groups is 1. The summed E-state index contributed by atoms with van der Waals surface area (Å²) in [5.41, 5.74) is 5.35. The van der Waals surface area contributed by atoms with Crippen LogP contribution in [0.1, 0.15) is 18.1 Å². The van der Waals surface area contributed by atoms with Gasteiger partial charge in [-0.1, -0.05) is 42.1 Å². The lowest BCUT2D eigenvalue weighted by atomic mass is 10.1. The summed E-state index contributed by atoms with van der Waals surface area (Å²) in [5, 5.41) is 12.6. The number of carbonyl (C=O) groups excluding carboxylic acids is 1. The van der Waals surface area contributed by atoms with Crippen LogP contribution in [0.25, 0.3) is 22.1 Å². The van der Waals surface area contributed by atoms with E-state index >= 15 is 0 Å². The standard InChI is InChI=1S/C20H19N5OS/c1-11-8-9-12(2)16(10-11)22-19(26)13(3)27-20-23-18-17(24-25-20)14-6-4-5-7-15(14)21-18/h4-10,13H,1-3H3,(H,22,26)(H,21,23,25). The van der Waals surface area contributed by atoms with E-state index in [9.17, 15) is 4.79 Å². The van der Waals surface area contributed by atoms with E-state index in [-0.39, 0.29) is 11.2 Å². The normalized spacial score (nSPS) is 12.4. The maximum atomic E-state index is 12.6. The predicted molar refractivity (Wildman–Crippen MR) is 109 cm³/mol. The Hall–Kier alpha value is -2.93. The van der Waals surface area contributed by atoms with Crippen molar-refractivity contribution in [3.05, 3.63) is 53.6 Å². The fraction of sp³-hybridized carbons (Fsp3) is 0.200. The van der Waals surface area contributed by atoms with Crippen molar-refractivity contribution in [2.24, 2.45) is 0 Å².